The zero-order valence-corrected chi connectivity index (χ0v) is 14.8. The largest absolute Gasteiger partial charge is 0.512 e. The van der Waals surface area contributed by atoms with Crippen LogP contribution in [0.15, 0.2) is 54.6 Å². The van der Waals surface area contributed by atoms with Gasteiger partial charge in [-0.3, -0.25) is 4.68 Å². The van der Waals surface area contributed by atoms with Gasteiger partial charge in [0, 0.05) is 27.9 Å². The fourth-order valence-corrected chi connectivity index (χ4v) is 2.68. The molecule has 0 bridgehead atoms. The molecule has 1 aromatic heterocycles. The summed E-state index contributed by atoms with van der Waals surface area (Å²) in [7, 11) is 0. The van der Waals surface area contributed by atoms with E-state index in [1.54, 1.807) is 10.7 Å². The molecule has 0 aliphatic rings. The second-order valence-corrected chi connectivity index (χ2v) is 6.04. The molecule has 3 aromatic rings. The van der Waals surface area contributed by atoms with Gasteiger partial charge in [-0.15, -0.1) is 5.10 Å². The van der Waals surface area contributed by atoms with Gasteiger partial charge in [-0.25, -0.2) is 4.79 Å². The summed E-state index contributed by atoms with van der Waals surface area (Å²) in [5, 5.41) is 13.5. The Morgan fingerprint density at radius 3 is 2.58 bits per heavy atom. The van der Waals surface area contributed by atoms with Crippen molar-refractivity contribution in [2.45, 2.75) is 20.1 Å². The smallest absolute Gasteiger partial charge is 0.488 e. The Balaban J connectivity index is 1.76. The van der Waals surface area contributed by atoms with Gasteiger partial charge in [0.05, 0.1) is 6.54 Å². The Labute approximate surface area is 155 Å². The van der Waals surface area contributed by atoms with Crippen molar-refractivity contribution < 1.29 is 19.4 Å². The molecule has 0 spiro atoms. The first kappa shape index (κ1) is 17.8. The number of aryl methyl sites for hydroxylation is 1. The number of hydrogen-bond acceptors (Lipinski definition) is 4. The first-order valence-corrected chi connectivity index (χ1v) is 8.30. The summed E-state index contributed by atoms with van der Waals surface area (Å²) in [4.78, 5) is 10.6. The van der Waals surface area contributed by atoms with E-state index in [9.17, 15) is 4.79 Å². The van der Waals surface area contributed by atoms with E-state index in [2.05, 4.69) is 9.84 Å². The van der Waals surface area contributed by atoms with Crippen molar-refractivity contribution in [3.8, 4) is 11.6 Å². The summed E-state index contributed by atoms with van der Waals surface area (Å²) in [5.74, 6) is 0.757. The average molecular weight is 373 g/mol. The predicted molar refractivity (Wildman–Crippen MR) is 96.9 cm³/mol. The monoisotopic (exact) mass is 372 g/mol. The molecule has 1 heterocycles. The number of carbonyl (C=O) groups is 1. The molecule has 0 saturated heterocycles. The Hall–Kier alpha value is -2.99. The third kappa shape index (κ3) is 4.34. The molecule has 26 heavy (non-hydrogen) atoms. The molecule has 3 rings (SSSR count). The molecular weight excluding hydrogens is 356 g/mol. The molecule has 0 amide bonds. The number of nitrogens with zero attached hydrogens (tertiary/aromatic N) is 2. The van der Waals surface area contributed by atoms with Gasteiger partial charge in [0.2, 0.25) is 5.88 Å². The molecule has 7 heteroatoms. The van der Waals surface area contributed by atoms with Crippen molar-refractivity contribution in [1.82, 2.24) is 9.78 Å². The van der Waals surface area contributed by atoms with Crippen LogP contribution >= 0.6 is 11.6 Å². The van der Waals surface area contributed by atoms with E-state index in [1.807, 2.05) is 55.5 Å². The number of aromatic nitrogens is 2. The van der Waals surface area contributed by atoms with Gasteiger partial charge < -0.3 is 14.6 Å². The first-order chi connectivity index (χ1) is 12.5. The van der Waals surface area contributed by atoms with Gasteiger partial charge >= 0.3 is 6.16 Å². The number of hydrogen-bond donors (Lipinski definition) is 1. The van der Waals surface area contributed by atoms with Crippen LogP contribution < -0.4 is 9.47 Å². The van der Waals surface area contributed by atoms with Crippen LogP contribution in [-0.4, -0.2) is 21.0 Å². The van der Waals surface area contributed by atoms with Gasteiger partial charge in [0.1, 0.15) is 12.4 Å². The quantitative estimate of drug-likeness (QED) is 0.643. The fourth-order valence-electron chi connectivity index (χ4n) is 2.49. The highest BCUT2D eigenvalue weighted by Crippen LogP contribution is 2.23. The average Bonchev–Trinajstić information content (AvgIpc) is 2.93. The van der Waals surface area contributed by atoms with Crippen LogP contribution in [0.4, 0.5) is 4.79 Å². The highest BCUT2D eigenvalue weighted by atomic mass is 35.5. The summed E-state index contributed by atoms with van der Waals surface area (Å²) < 4.78 is 12.2. The van der Waals surface area contributed by atoms with Gasteiger partial charge in [-0.2, -0.15) is 0 Å². The SMILES string of the molecule is Cc1cc(OC(=O)O)nn1Cc1ccccc1OCc1ccccc1Cl. The first-order valence-electron chi connectivity index (χ1n) is 7.92. The van der Waals surface area contributed by atoms with Gasteiger partial charge in [-0.1, -0.05) is 48.0 Å². The van der Waals surface area contributed by atoms with E-state index in [0.29, 0.717) is 23.9 Å². The Morgan fingerprint density at radius 1 is 1.15 bits per heavy atom. The number of carboxylic acid groups (broad SMARTS) is 1. The van der Waals surface area contributed by atoms with Crippen LogP contribution in [0.2, 0.25) is 5.02 Å². The van der Waals surface area contributed by atoms with E-state index >= 15 is 0 Å². The summed E-state index contributed by atoms with van der Waals surface area (Å²) in [5.41, 5.74) is 2.59. The maximum Gasteiger partial charge on any atom is 0.512 e. The van der Waals surface area contributed by atoms with Crippen LogP contribution in [0.1, 0.15) is 16.8 Å². The van der Waals surface area contributed by atoms with E-state index in [1.165, 1.54) is 0 Å². The highest BCUT2D eigenvalue weighted by molar-refractivity contribution is 6.31. The number of ether oxygens (including phenoxy) is 2. The molecule has 0 atom stereocenters. The highest BCUT2D eigenvalue weighted by Gasteiger charge is 2.11. The van der Waals surface area contributed by atoms with Crippen LogP contribution in [0.25, 0.3) is 0 Å². The minimum absolute atomic E-state index is 0.0458. The van der Waals surface area contributed by atoms with Crippen LogP contribution in [-0.2, 0) is 13.2 Å². The predicted octanol–water partition coefficient (Wildman–Crippen LogP) is 4.53. The maximum atomic E-state index is 10.6. The van der Waals surface area contributed by atoms with Gasteiger partial charge in [0.15, 0.2) is 0 Å². The lowest BCUT2D eigenvalue weighted by Gasteiger charge is -2.13. The van der Waals surface area contributed by atoms with Crippen molar-refractivity contribution in [3.05, 3.63) is 76.4 Å². The van der Waals surface area contributed by atoms with E-state index in [0.717, 1.165) is 16.8 Å². The van der Waals surface area contributed by atoms with Crippen molar-refractivity contribution >= 4 is 17.8 Å². The maximum absolute atomic E-state index is 10.6. The number of para-hydroxylation sites is 1. The molecule has 1 N–H and O–H groups in total. The zero-order chi connectivity index (χ0) is 18.5. The Kier molecular flexibility index (Phi) is 5.43. The molecule has 134 valence electrons. The third-order valence-electron chi connectivity index (χ3n) is 3.78. The minimum Gasteiger partial charge on any atom is -0.488 e. The van der Waals surface area contributed by atoms with Crippen molar-refractivity contribution in [3.63, 3.8) is 0 Å². The number of benzene rings is 2. The minimum atomic E-state index is -1.39. The lowest BCUT2D eigenvalue weighted by molar-refractivity contribution is 0.142. The summed E-state index contributed by atoms with van der Waals surface area (Å²) in [6, 6.07) is 16.7. The summed E-state index contributed by atoms with van der Waals surface area (Å²) >= 11 is 6.17. The molecule has 0 unspecified atom stereocenters. The standard InChI is InChI=1S/C19H17ClN2O4/c1-13-10-18(26-19(23)24)21-22(13)11-14-6-3-5-9-17(14)25-12-15-7-2-4-8-16(15)20/h2-10H,11-12H2,1H3,(H,23,24). The fraction of sp³-hybridized carbons (Fsp3) is 0.158. The van der Waals surface area contributed by atoms with Crippen molar-refractivity contribution in [2.24, 2.45) is 0 Å². The van der Waals surface area contributed by atoms with Gasteiger partial charge in [-0.05, 0) is 19.1 Å². The second kappa shape index (κ2) is 7.93. The number of halogens is 1. The van der Waals surface area contributed by atoms with E-state index < -0.39 is 6.16 Å². The lowest BCUT2D eigenvalue weighted by Crippen LogP contribution is -2.08. The van der Waals surface area contributed by atoms with E-state index in [-0.39, 0.29) is 5.88 Å². The second-order valence-electron chi connectivity index (χ2n) is 5.64. The molecule has 0 saturated carbocycles. The van der Waals surface area contributed by atoms with E-state index in [4.69, 9.17) is 21.4 Å². The van der Waals surface area contributed by atoms with Gasteiger partial charge in [0.25, 0.3) is 0 Å². The Bertz CT molecular complexity index is 923. The van der Waals surface area contributed by atoms with Crippen LogP contribution in [0.5, 0.6) is 11.6 Å². The van der Waals surface area contributed by atoms with Crippen LogP contribution in [0.3, 0.4) is 0 Å². The molecule has 2 aromatic carbocycles. The molecule has 0 radical (unpaired) electrons. The number of rotatable bonds is 6. The van der Waals surface area contributed by atoms with Crippen LogP contribution in [0, 0.1) is 6.92 Å². The Morgan fingerprint density at radius 2 is 1.85 bits per heavy atom. The topological polar surface area (TPSA) is 73.6 Å². The lowest BCUT2D eigenvalue weighted by atomic mass is 10.2. The molecule has 0 aliphatic carbocycles. The van der Waals surface area contributed by atoms with Crippen molar-refractivity contribution in [1.29, 1.82) is 0 Å². The molecule has 0 fully saturated rings. The third-order valence-corrected chi connectivity index (χ3v) is 4.15. The molecule has 6 nitrogen and oxygen atoms in total. The normalized spacial score (nSPS) is 10.5. The molecular formula is C19H17ClN2O4. The van der Waals surface area contributed by atoms with Crippen molar-refractivity contribution in [2.75, 3.05) is 0 Å². The molecule has 0 aliphatic heterocycles. The summed E-state index contributed by atoms with van der Waals surface area (Å²) in [6.45, 7) is 2.60. The summed E-state index contributed by atoms with van der Waals surface area (Å²) in [6.07, 6.45) is -1.39. The zero-order valence-electron chi connectivity index (χ0n) is 14.1.